The number of esters is 1. The molecule has 0 amide bonds. The highest BCUT2D eigenvalue weighted by Crippen LogP contribution is 2.40. The summed E-state index contributed by atoms with van der Waals surface area (Å²) in [6.45, 7) is 1.79. The first-order chi connectivity index (χ1) is 6.18. The highest BCUT2D eigenvalue weighted by Gasteiger charge is 2.43. The summed E-state index contributed by atoms with van der Waals surface area (Å²) < 4.78 is 4.90. The van der Waals surface area contributed by atoms with E-state index in [1.807, 2.05) is 12.2 Å². The van der Waals surface area contributed by atoms with E-state index in [-0.39, 0.29) is 23.7 Å². The molecular formula is C10H12O3. The van der Waals surface area contributed by atoms with Gasteiger partial charge in [-0.1, -0.05) is 12.2 Å². The van der Waals surface area contributed by atoms with E-state index in [4.69, 9.17) is 4.74 Å². The van der Waals surface area contributed by atoms with Crippen LogP contribution in [0.4, 0.5) is 0 Å². The quantitative estimate of drug-likeness (QED) is 0.469. The zero-order valence-corrected chi connectivity index (χ0v) is 7.53. The fourth-order valence-corrected chi connectivity index (χ4v) is 2.14. The van der Waals surface area contributed by atoms with Crippen LogP contribution >= 0.6 is 0 Å². The van der Waals surface area contributed by atoms with Crippen molar-refractivity contribution in [1.82, 2.24) is 0 Å². The van der Waals surface area contributed by atoms with Crippen LogP contribution in [0.3, 0.4) is 0 Å². The number of carbonyl (C=O) groups excluding carboxylic acids is 2. The van der Waals surface area contributed by atoms with E-state index >= 15 is 0 Å². The molecule has 0 aromatic carbocycles. The summed E-state index contributed by atoms with van der Waals surface area (Å²) in [5, 5.41) is 0. The van der Waals surface area contributed by atoms with Crippen LogP contribution in [0.15, 0.2) is 12.2 Å². The molecule has 0 aromatic heterocycles. The van der Waals surface area contributed by atoms with Crippen LogP contribution in [0.5, 0.6) is 0 Å². The van der Waals surface area contributed by atoms with E-state index in [9.17, 15) is 9.59 Å². The van der Waals surface area contributed by atoms with Crippen molar-refractivity contribution in [3.8, 4) is 0 Å². The molecule has 0 N–H and O–H groups in total. The molecule has 2 aliphatic rings. The van der Waals surface area contributed by atoms with Crippen molar-refractivity contribution in [2.24, 2.45) is 17.8 Å². The Bertz CT molecular complexity index is 280. The van der Waals surface area contributed by atoms with E-state index in [0.29, 0.717) is 12.4 Å². The molecule has 0 saturated heterocycles. The Labute approximate surface area is 76.8 Å². The van der Waals surface area contributed by atoms with Crippen molar-refractivity contribution >= 4 is 11.8 Å². The molecular weight excluding hydrogens is 168 g/mol. The third-order valence-corrected chi connectivity index (χ3v) is 2.81. The molecule has 2 aliphatic carbocycles. The third-order valence-electron chi connectivity index (χ3n) is 2.81. The van der Waals surface area contributed by atoms with Crippen molar-refractivity contribution in [2.75, 3.05) is 6.61 Å². The summed E-state index contributed by atoms with van der Waals surface area (Å²) in [5.41, 5.74) is 0. The maximum atomic E-state index is 11.4. The zero-order valence-electron chi connectivity index (χ0n) is 7.53. The Morgan fingerprint density at radius 3 is 2.85 bits per heavy atom. The molecule has 0 aromatic rings. The Morgan fingerprint density at radius 2 is 2.38 bits per heavy atom. The van der Waals surface area contributed by atoms with Gasteiger partial charge in [-0.05, 0) is 6.42 Å². The van der Waals surface area contributed by atoms with Crippen molar-refractivity contribution in [3.63, 3.8) is 0 Å². The fraction of sp³-hybridized carbons (Fsp3) is 0.600. The minimum atomic E-state index is -0.265. The molecule has 13 heavy (non-hydrogen) atoms. The summed E-state index contributed by atoms with van der Waals surface area (Å²) in [6.07, 6.45) is 4.77. The number of Topliss-reactive ketones (excluding diaryl/α,β-unsaturated/α-hetero) is 1. The van der Waals surface area contributed by atoms with Crippen molar-refractivity contribution in [2.45, 2.75) is 13.3 Å². The number of ether oxygens (including phenoxy) is 1. The van der Waals surface area contributed by atoms with Gasteiger partial charge in [0, 0.05) is 24.7 Å². The van der Waals surface area contributed by atoms with Gasteiger partial charge in [-0.3, -0.25) is 9.59 Å². The van der Waals surface area contributed by atoms with Gasteiger partial charge in [-0.15, -0.1) is 0 Å². The van der Waals surface area contributed by atoms with Gasteiger partial charge in [-0.2, -0.15) is 0 Å². The first kappa shape index (κ1) is 8.48. The number of hydrogen-bond donors (Lipinski definition) is 0. The van der Waals surface area contributed by atoms with Crippen LogP contribution < -0.4 is 0 Å². The van der Waals surface area contributed by atoms with E-state index in [1.54, 1.807) is 0 Å². The van der Waals surface area contributed by atoms with Crippen molar-refractivity contribution in [3.05, 3.63) is 12.2 Å². The molecule has 3 nitrogen and oxygen atoms in total. The summed E-state index contributed by atoms with van der Waals surface area (Å²) in [4.78, 5) is 22.0. The first-order valence-corrected chi connectivity index (χ1v) is 4.54. The molecule has 0 spiro atoms. The van der Waals surface area contributed by atoms with Gasteiger partial charge in [0.25, 0.3) is 0 Å². The Balaban J connectivity index is 1.94. The van der Waals surface area contributed by atoms with Gasteiger partial charge in [0.1, 0.15) is 5.78 Å². The molecule has 2 rings (SSSR count). The second kappa shape index (κ2) is 2.98. The van der Waals surface area contributed by atoms with Gasteiger partial charge in [0.2, 0.25) is 0 Å². The number of fused-ring (bicyclic) bond motifs is 2. The molecule has 0 heterocycles. The molecule has 0 unspecified atom stereocenters. The van der Waals surface area contributed by atoms with Crippen LogP contribution in [0, 0.1) is 17.8 Å². The number of rotatable bonds is 2. The van der Waals surface area contributed by atoms with Crippen LogP contribution in [0.1, 0.15) is 13.3 Å². The lowest BCUT2D eigenvalue weighted by Gasteiger charge is -2.15. The molecule has 70 valence electrons. The number of allylic oxidation sites excluding steroid dienone is 2. The molecule has 1 saturated carbocycles. The third kappa shape index (κ3) is 1.39. The van der Waals surface area contributed by atoms with Crippen LogP contribution in [-0.4, -0.2) is 18.4 Å². The van der Waals surface area contributed by atoms with Crippen LogP contribution in [0.25, 0.3) is 0 Å². The minimum Gasteiger partial charge on any atom is -0.466 e. The number of ketones is 1. The van der Waals surface area contributed by atoms with Crippen molar-refractivity contribution in [1.29, 1.82) is 0 Å². The normalized spacial score (nSPS) is 35.5. The Kier molecular flexibility index (Phi) is 1.94. The molecule has 3 heteroatoms. The average Bonchev–Trinajstić information content (AvgIpc) is 2.58. The smallest absolute Gasteiger partial charge is 0.302 e. The van der Waals surface area contributed by atoms with Gasteiger partial charge in [0.15, 0.2) is 0 Å². The maximum Gasteiger partial charge on any atom is 0.302 e. The lowest BCUT2D eigenvalue weighted by atomic mass is 9.94. The van der Waals surface area contributed by atoms with Crippen molar-refractivity contribution < 1.29 is 14.3 Å². The predicted octanol–water partition coefficient (Wildman–Crippen LogP) is 0.941. The van der Waals surface area contributed by atoms with Crippen LogP contribution in [-0.2, 0) is 14.3 Å². The zero-order chi connectivity index (χ0) is 9.42. The van der Waals surface area contributed by atoms with E-state index in [0.717, 1.165) is 6.42 Å². The molecule has 1 fully saturated rings. The number of hydrogen-bond acceptors (Lipinski definition) is 3. The Hall–Kier alpha value is -1.12. The van der Waals surface area contributed by atoms with Gasteiger partial charge in [-0.25, -0.2) is 0 Å². The number of carbonyl (C=O) groups is 2. The molecule has 0 aliphatic heterocycles. The van der Waals surface area contributed by atoms with E-state index < -0.39 is 0 Å². The molecule has 2 bridgehead atoms. The van der Waals surface area contributed by atoms with E-state index in [1.165, 1.54) is 6.92 Å². The monoisotopic (exact) mass is 180 g/mol. The molecule has 3 atom stereocenters. The second-order valence-electron chi connectivity index (χ2n) is 3.72. The maximum absolute atomic E-state index is 11.4. The summed E-state index contributed by atoms with van der Waals surface area (Å²) in [6, 6.07) is 0. The largest absolute Gasteiger partial charge is 0.466 e. The lowest BCUT2D eigenvalue weighted by Crippen LogP contribution is -2.18. The summed E-state index contributed by atoms with van der Waals surface area (Å²) in [5.74, 6) is 0.387. The highest BCUT2D eigenvalue weighted by atomic mass is 16.5. The van der Waals surface area contributed by atoms with Gasteiger partial charge < -0.3 is 4.74 Å². The predicted molar refractivity (Wildman–Crippen MR) is 45.9 cm³/mol. The second-order valence-corrected chi connectivity index (χ2v) is 3.72. The highest BCUT2D eigenvalue weighted by molar-refractivity contribution is 5.91. The summed E-state index contributed by atoms with van der Waals surface area (Å²) in [7, 11) is 0. The lowest BCUT2D eigenvalue weighted by molar-refractivity contribution is -0.142. The standard InChI is InChI=1S/C10H12O3/c1-6(11)13-5-8-4-7-2-3-9(8)10(7)12/h2-3,7-9H,4-5H2,1H3/t7-,8-,9+/m0/s1. The minimum absolute atomic E-state index is 0.0179. The molecule has 0 radical (unpaired) electrons. The average molecular weight is 180 g/mol. The first-order valence-electron chi connectivity index (χ1n) is 4.54. The van der Waals surface area contributed by atoms with Gasteiger partial charge >= 0.3 is 5.97 Å². The van der Waals surface area contributed by atoms with Gasteiger partial charge in [0.05, 0.1) is 6.61 Å². The Morgan fingerprint density at radius 1 is 1.62 bits per heavy atom. The summed E-state index contributed by atoms with van der Waals surface area (Å²) >= 11 is 0. The topological polar surface area (TPSA) is 43.4 Å². The van der Waals surface area contributed by atoms with Crippen LogP contribution in [0.2, 0.25) is 0 Å². The van der Waals surface area contributed by atoms with E-state index in [2.05, 4.69) is 0 Å². The SMILES string of the molecule is CC(=O)OC[C@@H]1C[C@@H]2C=C[C@H]1C2=O. The fourth-order valence-electron chi connectivity index (χ4n) is 2.14.